The van der Waals surface area contributed by atoms with Gasteiger partial charge in [0.05, 0.1) is 11.5 Å². The molecule has 0 radical (unpaired) electrons. The van der Waals surface area contributed by atoms with E-state index < -0.39 is 10.0 Å². The summed E-state index contributed by atoms with van der Waals surface area (Å²) in [5.74, 6) is 0.387. The zero-order valence-electron chi connectivity index (χ0n) is 17.4. The molecule has 1 amide bonds. The lowest BCUT2D eigenvalue weighted by Crippen LogP contribution is -2.36. The maximum Gasteiger partial charge on any atom is 0.255 e. The van der Waals surface area contributed by atoms with Gasteiger partial charge < -0.3 is 10.1 Å². The van der Waals surface area contributed by atoms with Crippen LogP contribution in [0.2, 0.25) is 0 Å². The number of hydrogen-bond acceptors (Lipinski definition) is 4. The zero-order valence-corrected chi connectivity index (χ0v) is 18.2. The molecule has 0 unspecified atom stereocenters. The highest BCUT2D eigenvalue weighted by Gasteiger charge is 2.21. The minimum Gasteiger partial charge on any atom is -0.494 e. The quantitative estimate of drug-likeness (QED) is 0.563. The molecule has 0 aromatic heterocycles. The first-order valence-corrected chi connectivity index (χ1v) is 12.1. The fourth-order valence-corrected chi connectivity index (χ4v) is 4.80. The molecule has 3 rings (SSSR count). The molecule has 1 aliphatic rings. The first kappa shape index (κ1) is 22.3. The number of benzene rings is 2. The Labute approximate surface area is 179 Å². The van der Waals surface area contributed by atoms with Crippen LogP contribution in [0.15, 0.2) is 53.4 Å². The topological polar surface area (TPSA) is 84.5 Å². The van der Waals surface area contributed by atoms with Crippen molar-refractivity contribution < 1.29 is 17.9 Å². The summed E-state index contributed by atoms with van der Waals surface area (Å²) >= 11 is 0. The summed E-state index contributed by atoms with van der Waals surface area (Å²) in [6.45, 7) is 2.71. The van der Waals surface area contributed by atoms with Gasteiger partial charge in [-0.05, 0) is 61.7 Å². The first-order valence-electron chi connectivity index (χ1n) is 10.6. The molecule has 162 valence electrons. The van der Waals surface area contributed by atoms with E-state index in [1.165, 1.54) is 18.6 Å². The molecule has 0 atom stereocenters. The number of amides is 1. The van der Waals surface area contributed by atoms with Gasteiger partial charge in [0.2, 0.25) is 10.0 Å². The maximum absolute atomic E-state index is 12.6. The van der Waals surface area contributed by atoms with Crippen LogP contribution in [0.4, 0.5) is 5.69 Å². The molecule has 2 aromatic rings. The number of sulfonamides is 1. The summed E-state index contributed by atoms with van der Waals surface area (Å²) in [6.07, 6.45) is 7.05. The van der Waals surface area contributed by atoms with Gasteiger partial charge in [0.25, 0.3) is 5.91 Å². The fourth-order valence-electron chi connectivity index (χ4n) is 3.49. The summed E-state index contributed by atoms with van der Waals surface area (Å²) in [5.41, 5.74) is 1.02. The van der Waals surface area contributed by atoms with Crippen molar-refractivity contribution in [2.75, 3.05) is 11.9 Å². The van der Waals surface area contributed by atoms with Crippen molar-refractivity contribution in [1.82, 2.24) is 4.72 Å². The molecule has 0 spiro atoms. The van der Waals surface area contributed by atoms with E-state index in [2.05, 4.69) is 17.0 Å². The van der Waals surface area contributed by atoms with E-state index in [4.69, 9.17) is 4.74 Å². The molecule has 30 heavy (non-hydrogen) atoms. The summed E-state index contributed by atoms with van der Waals surface area (Å²) in [4.78, 5) is 12.7. The Morgan fingerprint density at radius 2 is 1.80 bits per heavy atom. The van der Waals surface area contributed by atoms with Crippen LogP contribution in [0.1, 0.15) is 62.2 Å². The molecule has 0 bridgehead atoms. The molecule has 0 heterocycles. The number of hydrogen-bond donors (Lipinski definition) is 2. The van der Waals surface area contributed by atoms with Gasteiger partial charge in [-0.2, -0.15) is 0 Å². The summed E-state index contributed by atoms with van der Waals surface area (Å²) in [5, 5.41) is 2.80. The molecule has 0 saturated heterocycles. The van der Waals surface area contributed by atoms with Crippen LogP contribution in [0.3, 0.4) is 0 Å². The van der Waals surface area contributed by atoms with E-state index >= 15 is 0 Å². The molecule has 1 fully saturated rings. The second-order valence-electron chi connectivity index (χ2n) is 7.66. The largest absolute Gasteiger partial charge is 0.494 e. The van der Waals surface area contributed by atoms with Crippen LogP contribution < -0.4 is 14.8 Å². The minimum absolute atomic E-state index is 0.00921. The zero-order chi connectivity index (χ0) is 21.4. The molecule has 2 N–H and O–H groups in total. The van der Waals surface area contributed by atoms with Crippen LogP contribution in [0.5, 0.6) is 5.75 Å². The number of anilines is 1. The van der Waals surface area contributed by atoms with Crippen LogP contribution in [-0.4, -0.2) is 27.0 Å². The van der Waals surface area contributed by atoms with E-state index in [0.29, 0.717) is 23.6 Å². The Morgan fingerprint density at radius 3 is 2.50 bits per heavy atom. The van der Waals surface area contributed by atoms with Crippen molar-refractivity contribution in [3.63, 3.8) is 0 Å². The van der Waals surface area contributed by atoms with Gasteiger partial charge >= 0.3 is 0 Å². The second kappa shape index (κ2) is 10.6. The maximum atomic E-state index is 12.6. The van der Waals surface area contributed by atoms with Crippen molar-refractivity contribution in [1.29, 1.82) is 0 Å². The van der Waals surface area contributed by atoms with Crippen LogP contribution in [0.25, 0.3) is 0 Å². The number of nitrogens with one attached hydrogen (secondary N) is 2. The van der Waals surface area contributed by atoms with E-state index in [-0.39, 0.29) is 16.8 Å². The average molecular weight is 431 g/mol. The van der Waals surface area contributed by atoms with E-state index in [9.17, 15) is 13.2 Å². The molecule has 1 saturated carbocycles. The fraction of sp³-hybridized carbons (Fsp3) is 0.435. The summed E-state index contributed by atoms with van der Waals surface area (Å²) in [7, 11) is -3.55. The third-order valence-electron chi connectivity index (χ3n) is 5.21. The standard InChI is InChI=1S/C23H30N2O4S/c1-2-3-16-29-21-11-7-8-18(17-21)23(26)24-19-12-14-22(15-13-19)30(27,28)25-20-9-5-4-6-10-20/h7-8,11-15,17,20,25H,2-6,9-10,16H2,1H3,(H,24,26). The predicted molar refractivity (Wildman–Crippen MR) is 118 cm³/mol. The Hall–Kier alpha value is -2.38. The third kappa shape index (κ3) is 6.31. The molecule has 7 heteroatoms. The smallest absolute Gasteiger partial charge is 0.255 e. The minimum atomic E-state index is -3.55. The monoisotopic (exact) mass is 430 g/mol. The number of ether oxygens (including phenoxy) is 1. The van der Waals surface area contributed by atoms with Gasteiger partial charge in [-0.3, -0.25) is 4.79 Å². The Balaban J connectivity index is 1.61. The van der Waals surface area contributed by atoms with Gasteiger partial charge in [-0.1, -0.05) is 38.7 Å². The van der Waals surface area contributed by atoms with Crippen LogP contribution >= 0.6 is 0 Å². The Morgan fingerprint density at radius 1 is 1.07 bits per heavy atom. The SMILES string of the molecule is CCCCOc1cccc(C(=O)Nc2ccc(S(=O)(=O)NC3CCCCC3)cc2)c1. The highest BCUT2D eigenvalue weighted by molar-refractivity contribution is 7.89. The third-order valence-corrected chi connectivity index (χ3v) is 6.75. The van der Waals surface area contributed by atoms with Crippen molar-refractivity contribution in [3.05, 3.63) is 54.1 Å². The molecule has 1 aliphatic carbocycles. The van der Waals surface area contributed by atoms with E-state index in [1.54, 1.807) is 30.3 Å². The van der Waals surface area contributed by atoms with Crippen molar-refractivity contribution in [2.45, 2.75) is 62.8 Å². The number of carbonyl (C=O) groups excluding carboxylic acids is 1. The molecular formula is C23H30N2O4S. The van der Waals surface area contributed by atoms with E-state index in [0.717, 1.165) is 38.5 Å². The van der Waals surface area contributed by atoms with Gasteiger partial charge in [0, 0.05) is 17.3 Å². The molecule has 0 aliphatic heterocycles. The van der Waals surface area contributed by atoms with Gasteiger partial charge in [0.15, 0.2) is 0 Å². The Kier molecular flexibility index (Phi) is 7.87. The van der Waals surface area contributed by atoms with Crippen LogP contribution in [0, 0.1) is 0 Å². The van der Waals surface area contributed by atoms with Crippen molar-refractivity contribution in [2.24, 2.45) is 0 Å². The predicted octanol–water partition coefficient (Wildman–Crippen LogP) is 4.73. The van der Waals surface area contributed by atoms with Crippen LogP contribution in [-0.2, 0) is 10.0 Å². The summed E-state index contributed by atoms with van der Waals surface area (Å²) in [6, 6.07) is 13.3. The Bertz CT molecular complexity index is 936. The number of carbonyl (C=O) groups is 1. The normalized spacial score (nSPS) is 15.0. The van der Waals surface area contributed by atoms with E-state index in [1.807, 2.05) is 6.07 Å². The highest BCUT2D eigenvalue weighted by Crippen LogP contribution is 2.21. The molecule has 6 nitrogen and oxygen atoms in total. The molecule has 2 aromatic carbocycles. The van der Waals surface area contributed by atoms with Gasteiger partial charge in [-0.25, -0.2) is 13.1 Å². The number of unbranched alkanes of at least 4 members (excludes halogenated alkanes) is 1. The highest BCUT2D eigenvalue weighted by atomic mass is 32.2. The lowest BCUT2D eigenvalue weighted by atomic mass is 9.96. The lowest BCUT2D eigenvalue weighted by molar-refractivity contribution is 0.102. The second-order valence-corrected chi connectivity index (χ2v) is 9.38. The van der Waals surface area contributed by atoms with Crippen molar-refractivity contribution in [3.8, 4) is 5.75 Å². The average Bonchev–Trinajstić information content (AvgIpc) is 2.75. The summed E-state index contributed by atoms with van der Waals surface area (Å²) < 4.78 is 33.6. The lowest BCUT2D eigenvalue weighted by Gasteiger charge is -2.22. The first-order chi connectivity index (χ1) is 14.5. The number of rotatable bonds is 9. The van der Waals surface area contributed by atoms with Gasteiger partial charge in [-0.15, -0.1) is 0 Å². The molecular weight excluding hydrogens is 400 g/mol. The van der Waals surface area contributed by atoms with Gasteiger partial charge in [0.1, 0.15) is 5.75 Å². The van der Waals surface area contributed by atoms with Crippen molar-refractivity contribution >= 4 is 21.6 Å².